The second-order valence-corrected chi connectivity index (χ2v) is 3.75. The van der Waals surface area contributed by atoms with Crippen molar-refractivity contribution in [2.45, 2.75) is 19.9 Å². The minimum atomic E-state index is 0.0528. The Morgan fingerprint density at radius 1 is 1.50 bits per heavy atom. The van der Waals surface area contributed by atoms with E-state index in [-0.39, 0.29) is 5.41 Å². The van der Waals surface area contributed by atoms with Gasteiger partial charge < -0.3 is 0 Å². The standard InChI is InChI=1S/C10H14N4/c1-10(3-6-11-12-9-10)4-8-14-7-2-5-13-14/h2-3,5-7,9,11H,4,8H2,1H3. The fourth-order valence-corrected chi connectivity index (χ4v) is 1.43. The highest BCUT2D eigenvalue weighted by atomic mass is 15.3. The zero-order valence-electron chi connectivity index (χ0n) is 8.22. The number of hydrogen-bond donors (Lipinski definition) is 1. The molecule has 0 aliphatic carbocycles. The Labute approximate surface area is 83.3 Å². The third-order valence-corrected chi connectivity index (χ3v) is 2.41. The molecule has 0 bridgehead atoms. The lowest BCUT2D eigenvalue weighted by Crippen LogP contribution is -2.23. The second kappa shape index (κ2) is 3.65. The zero-order valence-corrected chi connectivity index (χ0v) is 8.22. The monoisotopic (exact) mass is 190 g/mol. The number of rotatable bonds is 3. The van der Waals surface area contributed by atoms with Gasteiger partial charge in [-0.1, -0.05) is 13.0 Å². The van der Waals surface area contributed by atoms with Crippen LogP contribution in [0.3, 0.4) is 0 Å². The summed E-state index contributed by atoms with van der Waals surface area (Å²) in [6, 6.07) is 1.94. The van der Waals surface area contributed by atoms with Crippen LogP contribution in [0.2, 0.25) is 0 Å². The number of nitrogens with one attached hydrogen (secondary N) is 1. The van der Waals surface area contributed by atoms with Gasteiger partial charge in [-0.3, -0.25) is 10.1 Å². The van der Waals surface area contributed by atoms with E-state index in [0.717, 1.165) is 13.0 Å². The van der Waals surface area contributed by atoms with Crippen molar-refractivity contribution >= 4 is 6.21 Å². The fourth-order valence-electron chi connectivity index (χ4n) is 1.43. The summed E-state index contributed by atoms with van der Waals surface area (Å²) in [4.78, 5) is 0. The first kappa shape index (κ1) is 8.99. The molecule has 0 spiro atoms. The van der Waals surface area contributed by atoms with Crippen LogP contribution in [-0.2, 0) is 6.54 Å². The summed E-state index contributed by atoms with van der Waals surface area (Å²) in [5.74, 6) is 0. The van der Waals surface area contributed by atoms with E-state index in [1.54, 1.807) is 6.20 Å². The Morgan fingerprint density at radius 3 is 3.07 bits per heavy atom. The Hall–Kier alpha value is -1.58. The number of nitrogens with zero attached hydrogens (tertiary/aromatic N) is 3. The van der Waals surface area contributed by atoms with E-state index in [4.69, 9.17) is 0 Å². The van der Waals surface area contributed by atoms with E-state index >= 15 is 0 Å². The molecule has 74 valence electrons. The van der Waals surface area contributed by atoms with Crippen LogP contribution in [-0.4, -0.2) is 16.0 Å². The molecule has 0 saturated heterocycles. The van der Waals surface area contributed by atoms with Crippen molar-refractivity contribution in [3.63, 3.8) is 0 Å². The molecule has 0 fully saturated rings. The number of aryl methyl sites for hydroxylation is 1. The molecule has 1 aliphatic heterocycles. The molecule has 4 heteroatoms. The highest BCUT2D eigenvalue weighted by Gasteiger charge is 2.19. The Morgan fingerprint density at radius 2 is 2.43 bits per heavy atom. The molecular weight excluding hydrogens is 176 g/mol. The lowest BCUT2D eigenvalue weighted by atomic mass is 9.88. The maximum absolute atomic E-state index is 4.16. The van der Waals surface area contributed by atoms with Crippen LogP contribution in [0.1, 0.15) is 13.3 Å². The molecule has 0 saturated carbocycles. The van der Waals surface area contributed by atoms with Crippen molar-refractivity contribution < 1.29 is 0 Å². The van der Waals surface area contributed by atoms with Crippen molar-refractivity contribution in [3.05, 3.63) is 30.7 Å². The summed E-state index contributed by atoms with van der Waals surface area (Å²) in [5, 5.41) is 8.20. The summed E-state index contributed by atoms with van der Waals surface area (Å²) < 4.78 is 1.94. The maximum Gasteiger partial charge on any atom is 0.0489 e. The van der Waals surface area contributed by atoms with E-state index in [1.807, 2.05) is 29.4 Å². The highest BCUT2D eigenvalue weighted by molar-refractivity contribution is 5.68. The van der Waals surface area contributed by atoms with Gasteiger partial charge in [-0.25, -0.2) is 0 Å². The topological polar surface area (TPSA) is 42.2 Å². The molecule has 1 aromatic rings. The number of aromatic nitrogens is 2. The van der Waals surface area contributed by atoms with E-state index in [1.165, 1.54) is 0 Å². The van der Waals surface area contributed by atoms with Gasteiger partial charge in [0.1, 0.15) is 0 Å². The van der Waals surface area contributed by atoms with Gasteiger partial charge in [0.2, 0.25) is 0 Å². The largest absolute Gasteiger partial charge is 0.286 e. The lowest BCUT2D eigenvalue weighted by molar-refractivity contribution is 0.457. The molecule has 0 amide bonds. The molecule has 2 rings (SSSR count). The molecule has 1 N–H and O–H groups in total. The molecule has 1 unspecified atom stereocenters. The summed E-state index contributed by atoms with van der Waals surface area (Å²) in [6.07, 6.45) is 10.7. The van der Waals surface area contributed by atoms with Crippen molar-refractivity contribution in [2.75, 3.05) is 0 Å². The summed E-state index contributed by atoms with van der Waals surface area (Å²) >= 11 is 0. The van der Waals surface area contributed by atoms with Gasteiger partial charge in [-0.15, -0.1) is 0 Å². The Kier molecular flexibility index (Phi) is 2.35. The number of hydrogen-bond acceptors (Lipinski definition) is 3. The van der Waals surface area contributed by atoms with Gasteiger partial charge in [-0.05, 0) is 12.5 Å². The van der Waals surface area contributed by atoms with Crippen molar-refractivity contribution in [1.29, 1.82) is 0 Å². The highest BCUT2D eigenvalue weighted by Crippen LogP contribution is 2.22. The third kappa shape index (κ3) is 2.02. The van der Waals surface area contributed by atoms with Crippen LogP contribution < -0.4 is 5.43 Å². The van der Waals surface area contributed by atoms with Crippen LogP contribution in [0, 0.1) is 5.41 Å². The summed E-state index contributed by atoms with van der Waals surface area (Å²) in [6.45, 7) is 3.08. The van der Waals surface area contributed by atoms with Crippen molar-refractivity contribution in [1.82, 2.24) is 15.2 Å². The van der Waals surface area contributed by atoms with Crippen LogP contribution in [0.4, 0.5) is 0 Å². The van der Waals surface area contributed by atoms with Crippen LogP contribution in [0.5, 0.6) is 0 Å². The Balaban J connectivity index is 1.94. The predicted molar refractivity (Wildman–Crippen MR) is 55.7 cm³/mol. The number of hydrazone groups is 1. The number of allylic oxidation sites excluding steroid dienone is 1. The lowest BCUT2D eigenvalue weighted by Gasteiger charge is -2.22. The summed E-state index contributed by atoms with van der Waals surface area (Å²) in [7, 11) is 0. The van der Waals surface area contributed by atoms with Crippen LogP contribution in [0.25, 0.3) is 0 Å². The quantitative estimate of drug-likeness (QED) is 0.782. The molecule has 14 heavy (non-hydrogen) atoms. The first-order chi connectivity index (χ1) is 6.79. The second-order valence-electron chi connectivity index (χ2n) is 3.75. The molecule has 0 aromatic carbocycles. The van der Waals surface area contributed by atoms with E-state index in [9.17, 15) is 0 Å². The molecule has 1 aromatic heterocycles. The van der Waals surface area contributed by atoms with E-state index < -0.39 is 0 Å². The SMILES string of the molecule is CC1(CCn2cccn2)C=CNN=C1. The first-order valence-electron chi connectivity index (χ1n) is 4.73. The van der Waals surface area contributed by atoms with E-state index in [0.29, 0.717) is 0 Å². The van der Waals surface area contributed by atoms with Gasteiger partial charge in [0.05, 0.1) is 0 Å². The van der Waals surface area contributed by atoms with E-state index in [2.05, 4.69) is 28.6 Å². The molecule has 2 heterocycles. The summed E-state index contributed by atoms with van der Waals surface area (Å²) in [5.41, 5.74) is 2.85. The minimum absolute atomic E-state index is 0.0528. The Bertz CT molecular complexity index is 325. The fraction of sp³-hybridized carbons (Fsp3) is 0.400. The normalized spacial score (nSPS) is 24.9. The zero-order chi connectivity index (χ0) is 9.86. The average Bonchev–Trinajstić information content (AvgIpc) is 2.69. The smallest absolute Gasteiger partial charge is 0.0489 e. The van der Waals surface area contributed by atoms with Gasteiger partial charge in [0, 0.05) is 36.8 Å². The molecule has 1 atom stereocenters. The van der Waals surface area contributed by atoms with Crippen LogP contribution >= 0.6 is 0 Å². The molecule has 4 nitrogen and oxygen atoms in total. The average molecular weight is 190 g/mol. The van der Waals surface area contributed by atoms with Crippen LogP contribution in [0.15, 0.2) is 35.8 Å². The van der Waals surface area contributed by atoms with Gasteiger partial charge in [0.25, 0.3) is 0 Å². The van der Waals surface area contributed by atoms with Gasteiger partial charge in [0.15, 0.2) is 0 Å². The van der Waals surface area contributed by atoms with Gasteiger partial charge >= 0.3 is 0 Å². The molecule has 1 aliphatic rings. The predicted octanol–water partition coefficient (Wildman–Crippen LogP) is 1.38. The molecular formula is C10H14N4. The van der Waals surface area contributed by atoms with Crippen molar-refractivity contribution in [2.24, 2.45) is 10.5 Å². The molecule has 0 radical (unpaired) electrons. The first-order valence-corrected chi connectivity index (χ1v) is 4.73. The minimum Gasteiger partial charge on any atom is -0.286 e. The van der Waals surface area contributed by atoms with Crippen molar-refractivity contribution in [3.8, 4) is 0 Å². The van der Waals surface area contributed by atoms with Gasteiger partial charge in [-0.2, -0.15) is 10.2 Å². The third-order valence-electron chi connectivity index (χ3n) is 2.41. The maximum atomic E-state index is 4.16.